The normalized spacial score (nSPS) is 11.5. The maximum atomic E-state index is 12.8. The summed E-state index contributed by atoms with van der Waals surface area (Å²) in [5.41, 5.74) is 0.478. The van der Waals surface area contributed by atoms with E-state index in [1.807, 2.05) is 37.4 Å². The van der Waals surface area contributed by atoms with Crippen LogP contribution in [0.5, 0.6) is 5.75 Å². The number of hydrogen-bond acceptors (Lipinski definition) is 3. The highest BCUT2D eigenvalue weighted by Crippen LogP contribution is 2.08. The smallest absolute Gasteiger partial charge is 0.275 e. The molecule has 0 aliphatic rings. The van der Waals surface area contributed by atoms with Crippen molar-refractivity contribution in [2.75, 3.05) is 38.6 Å². The lowest BCUT2D eigenvalue weighted by molar-refractivity contribution is -0.871. The number of nitrogens with one attached hydrogen (secondary N) is 3. The third kappa shape index (κ3) is 7.31. The second kappa shape index (κ2) is 10.1. The van der Waals surface area contributed by atoms with Crippen LogP contribution in [0.4, 0.5) is 10.1 Å². The Balaban J connectivity index is 1.61. The van der Waals surface area contributed by atoms with Crippen molar-refractivity contribution in [2.45, 2.75) is 0 Å². The van der Waals surface area contributed by atoms with Crippen molar-refractivity contribution in [3.8, 4) is 5.75 Å². The minimum Gasteiger partial charge on any atom is -0.488 e. The van der Waals surface area contributed by atoms with Crippen LogP contribution < -0.4 is 20.3 Å². The van der Waals surface area contributed by atoms with Gasteiger partial charge in [-0.3, -0.25) is 9.59 Å². The third-order valence-corrected chi connectivity index (χ3v) is 3.58. The summed E-state index contributed by atoms with van der Waals surface area (Å²) < 4.78 is 18.4. The molecule has 0 bridgehead atoms. The molecular formula is C19H23FN3O3+. The summed E-state index contributed by atoms with van der Waals surface area (Å²) in [6.45, 7) is 1.25. The molecule has 0 spiro atoms. The van der Waals surface area contributed by atoms with Crippen molar-refractivity contribution >= 4 is 17.5 Å². The number of quaternary nitrogens is 1. The zero-order valence-electron chi connectivity index (χ0n) is 14.6. The zero-order valence-corrected chi connectivity index (χ0v) is 14.6. The molecule has 2 aromatic carbocycles. The summed E-state index contributed by atoms with van der Waals surface area (Å²) in [4.78, 5) is 24.6. The van der Waals surface area contributed by atoms with Gasteiger partial charge in [-0.25, -0.2) is 4.39 Å². The topological polar surface area (TPSA) is 71.9 Å². The van der Waals surface area contributed by atoms with Crippen LogP contribution in [-0.2, 0) is 9.59 Å². The molecule has 0 fully saturated rings. The maximum absolute atomic E-state index is 12.8. The van der Waals surface area contributed by atoms with Crippen LogP contribution in [0, 0.1) is 5.82 Å². The maximum Gasteiger partial charge on any atom is 0.275 e. The number of rotatable bonds is 9. The molecule has 0 aliphatic carbocycles. The van der Waals surface area contributed by atoms with Crippen molar-refractivity contribution in [3.05, 3.63) is 60.4 Å². The lowest BCUT2D eigenvalue weighted by Crippen LogP contribution is -3.10. The van der Waals surface area contributed by atoms with E-state index in [0.29, 0.717) is 18.8 Å². The summed E-state index contributed by atoms with van der Waals surface area (Å²) in [6.07, 6.45) is 0. The second-order valence-electron chi connectivity index (χ2n) is 5.88. The van der Waals surface area contributed by atoms with E-state index in [1.165, 1.54) is 24.3 Å². The monoisotopic (exact) mass is 360 g/mol. The summed E-state index contributed by atoms with van der Waals surface area (Å²) in [7, 11) is 1.88. The van der Waals surface area contributed by atoms with Crippen LogP contribution in [0.25, 0.3) is 0 Å². The van der Waals surface area contributed by atoms with E-state index < -0.39 is 0 Å². The van der Waals surface area contributed by atoms with Gasteiger partial charge < -0.3 is 20.3 Å². The number of likely N-dealkylation sites (N-methyl/N-ethyl adjacent to an activating group) is 1. The van der Waals surface area contributed by atoms with Crippen molar-refractivity contribution < 1.29 is 23.6 Å². The first kappa shape index (κ1) is 19.4. The predicted molar refractivity (Wildman–Crippen MR) is 96.6 cm³/mol. The number of benzene rings is 2. The van der Waals surface area contributed by atoms with Gasteiger partial charge in [-0.15, -0.1) is 0 Å². The van der Waals surface area contributed by atoms with Gasteiger partial charge in [0.1, 0.15) is 24.7 Å². The molecule has 2 aromatic rings. The SMILES string of the molecule is C[NH+](CCOc1ccccc1)CC(=O)NCC(=O)Nc1ccc(F)cc1. The lowest BCUT2D eigenvalue weighted by Gasteiger charge is -2.14. The second-order valence-corrected chi connectivity index (χ2v) is 5.88. The lowest BCUT2D eigenvalue weighted by atomic mass is 10.3. The van der Waals surface area contributed by atoms with Crippen LogP contribution in [-0.4, -0.2) is 45.1 Å². The quantitative estimate of drug-likeness (QED) is 0.609. The first-order valence-electron chi connectivity index (χ1n) is 8.34. The van der Waals surface area contributed by atoms with Gasteiger partial charge in [0.25, 0.3) is 5.91 Å². The molecule has 6 nitrogen and oxygen atoms in total. The van der Waals surface area contributed by atoms with Gasteiger partial charge in [-0.05, 0) is 36.4 Å². The largest absolute Gasteiger partial charge is 0.488 e. The Morgan fingerprint density at radius 1 is 1.04 bits per heavy atom. The fourth-order valence-corrected chi connectivity index (χ4v) is 2.20. The number of para-hydroxylation sites is 1. The molecule has 0 saturated heterocycles. The molecule has 3 N–H and O–H groups in total. The van der Waals surface area contributed by atoms with E-state index in [1.54, 1.807) is 0 Å². The first-order chi connectivity index (χ1) is 12.5. The van der Waals surface area contributed by atoms with Crippen LogP contribution in [0.3, 0.4) is 0 Å². The van der Waals surface area contributed by atoms with Crippen LogP contribution >= 0.6 is 0 Å². The van der Waals surface area contributed by atoms with E-state index in [4.69, 9.17) is 4.74 Å². The Labute approximate surface area is 152 Å². The van der Waals surface area contributed by atoms with Gasteiger partial charge in [-0.1, -0.05) is 18.2 Å². The molecular weight excluding hydrogens is 337 g/mol. The number of anilines is 1. The first-order valence-corrected chi connectivity index (χ1v) is 8.34. The van der Waals surface area contributed by atoms with Gasteiger partial charge >= 0.3 is 0 Å². The third-order valence-electron chi connectivity index (χ3n) is 3.58. The van der Waals surface area contributed by atoms with Gasteiger partial charge in [0.2, 0.25) is 5.91 Å². The number of carbonyl (C=O) groups is 2. The summed E-state index contributed by atoms with van der Waals surface area (Å²) in [5, 5.41) is 5.15. The standard InChI is InChI=1S/C19H22FN3O3/c1-23(11-12-26-17-5-3-2-4-6-17)14-19(25)21-13-18(24)22-16-9-7-15(20)8-10-16/h2-10H,11-14H2,1H3,(H,21,25)(H,22,24)/p+1. The fraction of sp³-hybridized carbons (Fsp3) is 0.263. The molecule has 138 valence electrons. The Kier molecular flexibility index (Phi) is 7.57. The summed E-state index contributed by atoms with van der Waals surface area (Å²) in [5.74, 6) is -0.174. The minimum atomic E-state index is -0.376. The fourth-order valence-electron chi connectivity index (χ4n) is 2.20. The van der Waals surface area contributed by atoms with E-state index in [0.717, 1.165) is 10.6 Å². The molecule has 0 heterocycles. The Bertz CT molecular complexity index is 708. The number of hydrogen-bond donors (Lipinski definition) is 3. The molecule has 2 amide bonds. The van der Waals surface area contributed by atoms with Gasteiger partial charge in [-0.2, -0.15) is 0 Å². The molecule has 0 aromatic heterocycles. The van der Waals surface area contributed by atoms with Crippen LogP contribution in [0.15, 0.2) is 54.6 Å². The molecule has 26 heavy (non-hydrogen) atoms. The summed E-state index contributed by atoms with van der Waals surface area (Å²) in [6, 6.07) is 14.9. The average molecular weight is 360 g/mol. The predicted octanol–water partition coefficient (Wildman–Crippen LogP) is 0.474. The van der Waals surface area contributed by atoms with Crippen molar-refractivity contribution in [1.29, 1.82) is 0 Å². The Morgan fingerprint density at radius 3 is 2.42 bits per heavy atom. The Morgan fingerprint density at radius 2 is 1.73 bits per heavy atom. The van der Waals surface area contributed by atoms with Gasteiger partial charge in [0.05, 0.1) is 13.6 Å². The van der Waals surface area contributed by atoms with E-state index >= 15 is 0 Å². The van der Waals surface area contributed by atoms with Crippen molar-refractivity contribution in [2.24, 2.45) is 0 Å². The van der Waals surface area contributed by atoms with Crippen LogP contribution in [0.1, 0.15) is 0 Å². The molecule has 7 heteroatoms. The molecule has 1 unspecified atom stereocenters. The summed E-state index contributed by atoms with van der Waals surface area (Å²) >= 11 is 0. The highest BCUT2D eigenvalue weighted by Gasteiger charge is 2.11. The molecule has 0 saturated carbocycles. The van der Waals surface area contributed by atoms with Crippen molar-refractivity contribution in [1.82, 2.24) is 5.32 Å². The molecule has 1 atom stereocenters. The number of ether oxygens (including phenoxy) is 1. The van der Waals surface area contributed by atoms with Gasteiger partial charge in [0, 0.05) is 5.69 Å². The van der Waals surface area contributed by atoms with Crippen LogP contribution in [0.2, 0.25) is 0 Å². The van der Waals surface area contributed by atoms with E-state index in [-0.39, 0.29) is 30.7 Å². The average Bonchev–Trinajstić information content (AvgIpc) is 2.63. The number of carbonyl (C=O) groups excluding carboxylic acids is 2. The van der Waals surface area contributed by atoms with Crippen molar-refractivity contribution in [3.63, 3.8) is 0 Å². The minimum absolute atomic E-state index is 0.135. The van der Waals surface area contributed by atoms with E-state index in [9.17, 15) is 14.0 Å². The van der Waals surface area contributed by atoms with E-state index in [2.05, 4.69) is 10.6 Å². The number of halogens is 1. The van der Waals surface area contributed by atoms with Gasteiger partial charge in [0.15, 0.2) is 6.54 Å². The molecule has 0 radical (unpaired) electrons. The molecule has 0 aliphatic heterocycles. The highest BCUT2D eigenvalue weighted by molar-refractivity contribution is 5.94. The Hall–Kier alpha value is -2.93. The highest BCUT2D eigenvalue weighted by atomic mass is 19.1. The molecule has 2 rings (SSSR count). The number of amides is 2. The zero-order chi connectivity index (χ0) is 18.8.